The maximum Gasteiger partial charge on any atom is 0.257 e. The van der Waals surface area contributed by atoms with Gasteiger partial charge in [0, 0.05) is 12.4 Å². The van der Waals surface area contributed by atoms with E-state index < -0.39 is 24.7 Å². The van der Waals surface area contributed by atoms with Gasteiger partial charge >= 0.3 is 0 Å². The number of carbonyl (C=O) groups excluding carboxylic acids is 1. The predicted octanol–water partition coefficient (Wildman–Crippen LogP) is 3.08. The first-order valence-corrected chi connectivity index (χ1v) is 5.89. The summed E-state index contributed by atoms with van der Waals surface area (Å²) in [6.45, 7) is 0.710. The summed E-state index contributed by atoms with van der Waals surface area (Å²) in [5, 5.41) is 0. The molecule has 1 aromatic rings. The summed E-state index contributed by atoms with van der Waals surface area (Å²) < 4.78 is 38.4. The number of hydrogen-bond donors (Lipinski definition) is 0. The lowest BCUT2D eigenvalue weighted by atomic mass is 10.1. The van der Waals surface area contributed by atoms with E-state index in [1.807, 2.05) is 0 Å². The minimum absolute atomic E-state index is 0.0197. The van der Waals surface area contributed by atoms with Crippen LogP contribution in [0, 0.1) is 12.7 Å². The molecule has 0 saturated heterocycles. The molecule has 0 aliphatic rings. The Morgan fingerprint density at radius 2 is 2.11 bits per heavy atom. The number of amides is 1. The molecule has 0 N–H and O–H groups in total. The average Bonchev–Trinajstić information content (AvgIpc) is 2.31. The average molecular weight is 280 g/mol. The fraction of sp³-hybridized carbons (Fsp3) is 0.417. The van der Waals surface area contributed by atoms with Crippen LogP contribution in [0.3, 0.4) is 0 Å². The lowest BCUT2D eigenvalue weighted by Gasteiger charge is -2.21. The summed E-state index contributed by atoms with van der Waals surface area (Å²) in [5.74, 6) is -1.43. The van der Waals surface area contributed by atoms with Crippen molar-refractivity contribution >= 4 is 17.5 Å². The molecule has 0 saturated carbocycles. The van der Waals surface area contributed by atoms with E-state index in [-0.39, 0.29) is 18.0 Å². The third-order valence-electron chi connectivity index (χ3n) is 2.42. The number of hydrogen-bond acceptors (Lipinski definition) is 1. The molecule has 0 aliphatic carbocycles. The Bertz CT molecular complexity index is 426. The first-order valence-electron chi connectivity index (χ1n) is 5.36. The molecule has 1 rings (SSSR count). The third kappa shape index (κ3) is 3.63. The Balaban J connectivity index is 2.98. The van der Waals surface area contributed by atoms with E-state index in [1.165, 1.54) is 25.1 Å². The van der Waals surface area contributed by atoms with Crippen LogP contribution < -0.4 is 0 Å². The molecule has 0 unspecified atom stereocenters. The van der Waals surface area contributed by atoms with Crippen molar-refractivity contribution in [3.8, 4) is 0 Å². The molecule has 1 aromatic carbocycles. The quantitative estimate of drug-likeness (QED) is 0.759. The van der Waals surface area contributed by atoms with Crippen molar-refractivity contribution in [2.45, 2.75) is 13.3 Å². The Hall–Kier alpha value is -1.23. The van der Waals surface area contributed by atoms with Gasteiger partial charge in [0.25, 0.3) is 12.3 Å². The summed E-state index contributed by atoms with van der Waals surface area (Å²) in [7, 11) is 0. The maximum atomic E-state index is 13.7. The summed E-state index contributed by atoms with van der Waals surface area (Å²) in [4.78, 5) is 12.8. The molecule has 6 heteroatoms. The molecule has 0 heterocycles. The van der Waals surface area contributed by atoms with Gasteiger partial charge < -0.3 is 4.90 Å². The van der Waals surface area contributed by atoms with Gasteiger partial charge in [0.1, 0.15) is 5.82 Å². The number of halogens is 4. The highest BCUT2D eigenvalue weighted by atomic mass is 35.5. The standard InChI is InChI=1S/C12H13ClF3NO/c1-8-3-2-4-9(11(8)16)12(18)17(6-5-13)7-10(14)15/h2-4,10H,5-7H2,1H3. The molecule has 0 spiro atoms. The predicted molar refractivity (Wildman–Crippen MR) is 63.8 cm³/mol. The van der Waals surface area contributed by atoms with Crippen LogP contribution in [0.25, 0.3) is 0 Å². The molecule has 0 radical (unpaired) electrons. The smallest absolute Gasteiger partial charge is 0.257 e. The summed E-state index contributed by atoms with van der Waals surface area (Å²) >= 11 is 5.45. The van der Waals surface area contributed by atoms with Crippen molar-refractivity contribution in [2.75, 3.05) is 19.0 Å². The molecular formula is C12H13ClF3NO. The van der Waals surface area contributed by atoms with Gasteiger partial charge in [-0.05, 0) is 18.6 Å². The fourth-order valence-electron chi connectivity index (χ4n) is 1.53. The van der Waals surface area contributed by atoms with Crippen molar-refractivity contribution < 1.29 is 18.0 Å². The summed E-state index contributed by atoms with van der Waals surface area (Å²) in [6.07, 6.45) is -2.68. The van der Waals surface area contributed by atoms with Gasteiger partial charge in [-0.2, -0.15) is 0 Å². The van der Waals surface area contributed by atoms with Gasteiger partial charge in [0.05, 0.1) is 12.1 Å². The number of aryl methyl sites for hydroxylation is 1. The zero-order valence-electron chi connectivity index (χ0n) is 9.80. The van der Waals surface area contributed by atoms with Crippen LogP contribution in [0.15, 0.2) is 18.2 Å². The molecule has 18 heavy (non-hydrogen) atoms. The van der Waals surface area contributed by atoms with Crippen molar-refractivity contribution in [1.29, 1.82) is 0 Å². The van der Waals surface area contributed by atoms with Crippen molar-refractivity contribution in [3.63, 3.8) is 0 Å². The van der Waals surface area contributed by atoms with Crippen LogP contribution in [0.4, 0.5) is 13.2 Å². The van der Waals surface area contributed by atoms with Crippen molar-refractivity contribution in [3.05, 3.63) is 35.1 Å². The highest BCUT2D eigenvalue weighted by molar-refractivity contribution is 6.18. The second-order valence-corrected chi connectivity index (χ2v) is 4.15. The number of alkyl halides is 3. The van der Waals surface area contributed by atoms with Crippen molar-refractivity contribution in [1.82, 2.24) is 4.90 Å². The summed E-state index contributed by atoms with van der Waals surface area (Å²) in [5.41, 5.74) is 0.0875. The van der Waals surface area contributed by atoms with Crippen LogP contribution in [0.2, 0.25) is 0 Å². The first-order chi connectivity index (χ1) is 8.47. The lowest BCUT2D eigenvalue weighted by molar-refractivity contribution is 0.0567. The molecule has 0 aromatic heterocycles. The second-order valence-electron chi connectivity index (χ2n) is 3.77. The number of benzene rings is 1. The SMILES string of the molecule is Cc1cccc(C(=O)N(CCCl)CC(F)F)c1F. The molecule has 0 fully saturated rings. The Morgan fingerprint density at radius 3 is 2.67 bits per heavy atom. The van der Waals surface area contributed by atoms with Gasteiger partial charge in [-0.25, -0.2) is 13.2 Å². The molecular weight excluding hydrogens is 267 g/mol. The van der Waals surface area contributed by atoms with Gasteiger partial charge in [0.2, 0.25) is 0 Å². The maximum absolute atomic E-state index is 13.7. The molecule has 1 amide bonds. The normalized spacial score (nSPS) is 10.8. The van der Waals surface area contributed by atoms with Crippen LogP contribution >= 0.6 is 11.6 Å². The Labute approximate surface area is 108 Å². The van der Waals surface area contributed by atoms with Crippen LogP contribution in [0.1, 0.15) is 15.9 Å². The Kier molecular flexibility index (Phi) is 5.47. The van der Waals surface area contributed by atoms with E-state index in [1.54, 1.807) is 0 Å². The van der Waals surface area contributed by atoms with Gasteiger partial charge in [-0.3, -0.25) is 4.79 Å². The first kappa shape index (κ1) is 14.8. The van der Waals surface area contributed by atoms with E-state index >= 15 is 0 Å². The van der Waals surface area contributed by atoms with E-state index in [9.17, 15) is 18.0 Å². The molecule has 0 bridgehead atoms. The highest BCUT2D eigenvalue weighted by Crippen LogP contribution is 2.15. The van der Waals surface area contributed by atoms with Crippen LogP contribution in [0.5, 0.6) is 0 Å². The molecule has 2 nitrogen and oxygen atoms in total. The molecule has 100 valence electrons. The number of carbonyl (C=O) groups is 1. The van der Waals surface area contributed by atoms with E-state index in [2.05, 4.69) is 0 Å². The zero-order valence-corrected chi connectivity index (χ0v) is 10.6. The minimum Gasteiger partial charge on any atom is -0.332 e. The lowest BCUT2D eigenvalue weighted by Crippen LogP contribution is -2.37. The fourth-order valence-corrected chi connectivity index (χ4v) is 1.73. The minimum atomic E-state index is -2.68. The Morgan fingerprint density at radius 1 is 1.44 bits per heavy atom. The van der Waals surface area contributed by atoms with E-state index in [0.29, 0.717) is 5.56 Å². The highest BCUT2D eigenvalue weighted by Gasteiger charge is 2.22. The van der Waals surface area contributed by atoms with Crippen LogP contribution in [-0.4, -0.2) is 36.2 Å². The van der Waals surface area contributed by atoms with Crippen molar-refractivity contribution in [2.24, 2.45) is 0 Å². The largest absolute Gasteiger partial charge is 0.332 e. The van der Waals surface area contributed by atoms with Gasteiger partial charge in [-0.15, -0.1) is 11.6 Å². The second kappa shape index (κ2) is 6.64. The number of nitrogens with zero attached hydrogens (tertiary/aromatic N) is 1. The van der Waals surface area contributed by atoms with Gasteiger partial charge in [0.15, 0.2) is 0 Å². The molecule has 0 aliphatic heterocycles. The van der Waals surface area contributed by atoms with E-state index in [0.717, 1.165) is 4.90 Å². The third-order valence-corrected chi connectivity index (χ3v) is 2.59. The van der Waals surface area contributed by atoms with Crippen LogP contribution in [-0.2, 0) is 0 Å². The summed E-state index contributed by atoms with van der Waals surface area (Å²) in [6, 6.07) is 4.29. The molecule has 0 atom stereocenters. The monoisotopic (exact) mass is 279 g/mol. The van der Waals surface area contributed by atoms with Gasteiger partial charge in [-0.1, -0.05) is 12.1 Å². The topological polar surface area (TPSA) is 20.3 Å². The number of rotatable bonds is 5. The van der Waals surface area contributed by atoms with E-state index in [4.69, 9.17) is 11.6 Å². The zero-order chi connectivity index (χ0) is 13.7.